The van der Waals surface area contributed by atoms with Crippen LogP contribution in [-0.4, -0.2) is 23.7 Å². The number of hydrogen-bond acceptors (Lipinski definition) is 5. The number of nitrogens with zero attached hydrogens (tertiary/aromatic N) is 2. The van der Waals surface area contributed by atoms with E-state index in [-0.39, 0.29) is 20.9 Å². The maximum atomic E-state index is 14.6. The molecule has 0 aliphatic rings. The predicted octanol–water partition coefficient (Wildman–Crippen LogP) is 4.61. The van der Waals surface area contributed by atoms with Crippen molar-refractivity contribution in [3.63, 3.8) is 0 Å². The van der Waals surface area contributed by atoms with Crippen molar-refractivity contribution in [1.29, 1.82) is 0 Å². The predicted molar refractivity (Wildman–Crippen MR) is 113 cm³/mol. The van der Waals surface area contributed by atoms with E-state index in [2.05, 4.69) is 15.5 Å². The van der Waals surface area contributed by atoms with E-state index in [0.29, 0.717) is 11.5 Å². The van der Waals surface area contributed by atoms with Crippen molar-refractivity contribution in [3.8, 4) is 17.0 Å². The van der Waals surface area contributed by atoms with Gasteiger partial charge in [0.25, 0.3) is 10.0 Å². The number of halogens is 1. The van der Waals surface area contributed by atoms with Crippen LogP contribution in [0, 0.1) is 0 Å². The summed E-state index contributed by atoms with van der Waals surface area (Å²) in [7, 11) is -4.28. The number of phenolic OH excluding ortho intramolecular Hbond substituents is 1. The van der Waals surface area contributed by atoms with E-state index in [0.717, 1.165) is 11.3 Å². The van der Waals surface area contributed by atoms with Gasteiger partial charge in [-0.3, -0.25) is 5.10 Å². The summed E-state index contributed by atoms with van der Waals surface area (Å²) in [6.07, 6.45) is 0. The normalized spacial score (nSPS) is 11.2. The maximum Gasteiger partial charge on any atom is 0.290 e. The summed E-state index contributed by atoms with van der Waals surface area (Å²) in [6, 6.07) is 21.7. The number of anilines is 3. The van der Waals surface area contributed by atoms with E-state index in [4.69, 9.17) is 0 Å². The Morgan fingerprint density at radius 2 is 1.60 bits per heavy atom. The minimum absolute atomic E-state index is 0.115. The Morgan fingerprint density at radius 3 is 2.27 bits per heavy atom. The van der Waals surface area contributed by atoms with Gasteiger partial charge in [-0.2, -0.15) is 13.5 Å². The van der Waals surface area contributed by atoms with Crippen LogP contribution in [0.3, 0.4) is 0 Å². The van der Waals surface area contributed by atoms with Crippen LogP contribution in [0.5, 0.6) is 5.75 Å². The highest BCUT2D eigenvalue weighted by molar-refractivity contribution is 7.92. The molecule has 0 saturated heterocycles. The fourth-order valence-corrected chi connectivity index (χ4v) is 3.89. The Balaban J connectivity index is 1.48. The summed E-state index contributed by atoms with van der Waals surface area (Å²) in [5.41, 5.74) is 2.09. The van der Waals surface area contributed by atoms with Gasteiger partial charge in [-0.25, -0.2) is 0 Å². The van der Waals surface area contributed by atoms with Gasteiger partial charge in [0.15, 0.2) is 5.82 Å². The first-order valence-corrected chi connectivity index (χ1v) is 10.4. The molecular formula is C21H17FN4O3S. The van der Waals surface area contributed by atoms with Crippen molar-refractivity contribution in [2.75, 3.05) is 9.84 Å². The van der Waals surface area contributed by atoms with Gasteiger partial charge in [-0.15, -0.1) is 0 Å². The molecule has 0 aliphatic carbocycles. The molecule has 3 N–H and O–H groups in total. The Morgan fingerprint density at radius 1 is 0.933 bits per heavy atom. The molecule has 0 saturated carbocycles. The van der Waals surface area contributed by atoms with Gasteiger partial charge in [-0.1, -0.05) is 27.2 Å². The van der Waals surface area contributed by atoms with Crippen LogP contribution in [0.15, 0.2) is 89.8 Å². The molecule has 30 heavy (non-hydrogen) atoms. The zero-order chi connectivity index (χ0) is 21.1. The molecule has 0 spiro atoms. The maximum absolute atomic E-state index is 14.6. The number of aromatic amines is 1. The molecule has 3 aromatic carbocycles. The number of aromatic hydroxyl groups is 1. The second-order valence-corrected chi connectivity index (χ2v) is 8.16. The molecule has 0 unspecified atom stereocenters. The molecule has 0 fully saturated rings. The van der Waals surface area contributed by atoms with E-state index < -0.39 is 10.0 Å². The van der Waals surface area contributed by atoms with Crippen molar-refractivity contribution in [1.82, 2.24) is 10.2 Å². The lowest BCUT2D eigenvalue weighted by atomic mass is 10.1. The molecule has 0 radical (unpaired) electrons. The van der Waals surface area contributed by atoms with Crippen LogP contribution in [0.4, 0.5) is 21.7 Å². The van der Waals surface area contributed by atoms with Gasteiger partial charge in [0, 0.05) is 11.8 Å². The van der Waals surface area contributed by atoms with E-state index in [1.807, 2.05) is 0 Å². The van der Waals surface area contributed by atoms with Gasteiger partial charge in [-0.05, 0) is 66.2 Å². The lowest BCUT2D eigenvalue weighted by Crippen LogP contribution is -2.22. The van der Waals surface area contributed by atoms with E-state index in [1.165, 1.54) is 36.4 Å². The summed E-state index contributed by atoms with van der Waals surface area (Å²) in [4.78, 5) is -0.131. The highest BCUT2D eigenvalue weighted by Gasteiger charge is 2.24. The molecule has 0 bridgehead atoms. The minimum atomic E-state index is -4.28. The van der Waals surface area contributed by atoms with Crippen LogP contribution in [0.2, 0.25) is 0 Å². The van der Waals surface area contributed by atoms with Crippen LogP contribution in [0.1, 0.15) is 0 Å². The Kier molecular flexibility index (Phi) is 5.11. The van der Waals surface area contributed by atoms with Crippen molar-refractivity contribution in [2.24, 2.45) is 0 Å². The monoisotopic (exact) mass is 424 g/mol. The fraction of sp³-hybridized carbons (Fsp3) is 0. The molecular weight excluding hydrogens is 407 g/mol. The van der Waals surface area contributed by atoms with Crippen molar-refractivity contribution in [3.05, 3.63) is 84.9 Å². The van der Waals surface area contributed by atoms with Crippen LogP contribution in [-0.2, 0) is 10.0 Å². The van der Waals surface area contributed by atoms with Crippen molar-refractivity contribution >= 4 is 27.2 Å². The third-order valence-electron chi connectivity index (χ3n) is 4.35. The topological polar surface area (TPSA) is 98.3 Å². The molecule has 1 heterocycles. The molecule has 9 heteroatoms. The van der Waals surface area contributed by atoms with E-state index in [1.54, 1.807) is 48.5 Å². The first kappa shape index (κ1) is 19.5. The number of rotatable bonds is 6. The smallest absolute Gasteiger partial charge is 0.290 e. The number of benzene rings is 3. The standard InChI is InChI=1S/C21H17FN4O3S/c22-26(30(28,29)19-4-2-1-3-5-19)17-10-8-16(9-11-17)23-21-14-20(24-25-21)15-6-12-18(27)13-7-15/h1-14,27H,(H2,23,24,25). The summed E-state index contributed by atoms with van der Waals surface area (Å²) < 4.78 is 39.1. The van der Waals surface area contributed by atoms with E-state index >= 15 is 0 Å². The quantitative estimate of drug-likeness (QED) is 0.393. The number of hydrogen-bond donors (Lipinski definition) is 3. The Bertz CT molecular complexity index is 1240. The molecule has 4 rings (SSSR count). The highest BCUT2D eigenvalue weighted by Crippen LogP contribution is 2.27. The minimum Gasteiger partial charge on any atom is -0.508 e. The van der Waals surface area contributed by atoms with Gasteiger partial charge in [0.2, 0.25) is 0 Å². The first-order chi connectivity index (χ1) is 14.4. The molecule has 152 valence electrons. The highest BCUT2D eigenvalue weighted by atomic mass is 32.2. The van der Waals surface area contributed by atoms with Crippen LogP contribution < -0.4 is 9.84 Å². The average molecular weight is 424 g/mol. The zero-order valence-electron chi connectivity index (χ0n) is 15.5. The number of phenols is 1. The lowest BCUT2D eigenvalue weighted by Gasteiger charge is -2.14. The molecule has 0 amide bonds. The summed E-state index contributed by atoms with van der Waals surface area (Å²) in [5.74, 6) is 0.702. The fourth-order valence-electron chi connectivity index (χ4n) is 2.81. The SMILES string of the molecule is O=S(=O)(c1ccccc1)N(F)c1ccc(Nc2cc(-c3ccc(O)cc3)[nH]n2)cc1. The summed E-state index contributed by atoms with van der Waals surface area (Å²) in [6.45, 7) is 0. The Labute approximate surface area is 172 Å². The lowest BCUT2D eigenvalue weighted by molar-refractivity contribution is 0.475. The molecule has 0 aliphatic heterocycles. The van der Waals surface area contributed by atoms with Crippen LogP contribution >= 0.6 is 0 Å². The number of aromatic nitrogens is 2. The van der Waals surface area contributed by atoms with Crippen molar-refractivity contribution in [2.45, 2.75) is 4.90 Å². The third-order valence-corrected chi connectivity index (χ3v) is 5.85. The number of H-pyrrole nitrogens is 1. The van der Waals surface area contributed by atoms with Gasteiger partial charge in [0.05, 0.1) is 16.3 Å². The van der Waals surface area contributed by atoms with Crippen molar-refractivity contribution < 1.29 is 18.0 Å². The Hall–Kier alpha value is -3.85. The molecule has 0 atom stereocenters. The molecule has 7 nitrogen and oxygen atoms in total. The van der Waals surface area contributed by atoms with E-state index in [9.17, 15) is 18.0 Å². The second-order valence-electron chi connectivity index (χ2n) is 6.42. The molecule has 1 aromatic heterocycles. The first-order valence-electron chi connectivity index (χ1n) is 8.91. The largest absolute Gasteiger partial charge is 0.508 e. The molecule has 4 aromatic rings. The average Bonchev–Trinajstić information content (AvgIpc) is 3.23. The summed E-state index contributed by atoms with van der Waals surface area (Å²) in [5, 5.41) is 19.5. The van der Waals surface area contributed by atoms with Crippen LogP contribution in [0.25, 0.3) is 11.3 Å². The number of nitrogens with one attached hydrogen (secondary N) is 2. The van der Waals surface area contributed by atoms with Gasteiger partial charge < -0.3 is 10.4 Å². The zero-order valence-corrected chi connectivity index (χ0v) is 16.3. The van der Waals surface area contributed by atoms with Gasteiger partial charge in [0.1, 0.15) is 5.75 Å². The second kappa shape index (κ2) is 7.88. The third kappa shape index (κ3) is 3.96. The number of sulfonamides is 1. The summed E-state index contributed by atoms with van der Waals surface area (Å²) >= 11 is 0. The van der Waals surface area contributed by atoms with Gasteiger partial charge >= 0.3 is 0 Å².